The maximum Gasteiger partial charge on any atom is 0.309 e. The molecule has 0 amide bonds. The molecule has 4 aromatic rings. The number of carbonyl (C=O) groups is 1. The van der Waals surface area contributed by atoms with E-state index in [1.807, 2.05) is 42.5 Å². The molecule has 1 atom stereocenters. The first-order valence-electron chi connectivity index (χ1n) is 15.3. The number of nitrogens with zero attached hydrogens (tertiary/aromatic N) is 4. The number of carboxylic acids is 1. The van der Waals surface area contributed by atoms with Crippen LogP contribution in [0.15, 0.2) is 54.7 Å². The average Bonchev–Trinajstić information content (AvgIpc) is 3.43. The molecule has 0 spiro atoms. The molecule has 0 unspecified atom stereocenters. The maximum absolute atomic E-state index is 11.4. The molecule has 2 saturated heterocycles. The van der Waals surface area contributed by atoms with E-state index in [4.69, 9.17) is 37.7 Å². The van der Waals surface area contributed by atoms with E-state index in [-0.39, 0.29) is 18.1 Å². The molecular weight excluding hydrogens is 627 g/mol. The standard InChI is InChI=1S/C35H34Cl2N4O5/c1-45-30-12-20(11-19-9-10-29(31(19)30)41-14-21(15-41)35(43)44)23-5-3-6-24(32(23)36)25-7-4-8-26(33(25)37)27-13-38-28(34(39-27)46-2)18-40-16-22(42)17-40/h3-8,11-13,21-22,29,42H,9-10,14-18H2,1-2H3,(H,43,44)/t29-/m1/s1. The van der Waals surface area contributed by atoms with Crippen LogP contribution in [-0.4, -0.2) is 82.5 Å². The normalized spacial score (nSPS) is 18.6. The number of ether oxygens (including phenoxy) is 2. The summed E-state index contributed by atoms with van der Waals surface area (Å²) in [7, 11) is 3.24. The van der Waals surface area contributed by atoms with E-state index in [1.165, 1.54) is 5.56 Å². The number of aryl methyl sites for hydroxylation is 1. The number of aliphatic hydroxyl groups is 1. The number of fused-ring (bicyclic) bond motifs is 1. The summed E-state index contributed by atoms with van der Waals surface area (Å²) in [5.41, 5.74) is 7.69. The zero-order valence-corrected chi connectivity index (χ0v) is 27.1. The molecule has 7 rings (SSSR count). The predicted molar refractivity (Wildman–Crippen MR) is 177 cm³/mol. The second-order valence-corrected chi connectivity index (χ2v) is 12.9. The molecule has 1 aliphatic carbocycles. The second-order valence-electron chi connectivity index (χ2n) is 12.2. The number of aliphatic hydroxyl groups excluding tert-OH is 1. The molecule has 2 aliphatic heterocycles. The molecule has 0 bridgehead atoms. The molecule has 238 valence electrons. The van der Waals surface area contributed by atoms with Crippen LogP contribution in [0.4, 0.5) is 0 Å². The molecule has 0 saturated carbocycles. The Balaban J connectivity index is 1.20. The number of benzene rings is 3. The van der Waals surface area contributed by atoms with Gasteiger partial charge >= 0.3 is 5.97 Å². The van der Waals surface area contributed by atoms with Crippen LogP contribution in [0.3, 0.4) is 0 Å². The van der Waals surface area contributed by atoms with Gasteiger partial charge in [-0.25, -0.2) is 4.98 Å². The van der Waals surface area contributed by atoms with E-state index in [0.29, 0.717) is 65.6 Å². The summed E-state index contributed by atoms with van der Waals surface area (Å²) in [6.45, 7) is 2.87. The Morgan fingerprint density at radius 3 is 2.28 bits per heavy atom. The van der Waals surface area contributed by atoms with Gasteiger partial charge in [0.1, 0.15) is 11.4 Å². The van der Waals surface area contributed by atoms with Crippen LogP contribution in [0.25, 0.3) is 33.5 Å². The van der Waals surface area contributed by atoms with Crippen LogP contribution < -0.4 is 9.47 Å². The highest BCUT2D eigenvalue weighted by Crippen LogP contribution is 2.48. The smallest absolute Gasteiger partial charge is 0.309 e. The molecule has 2 N–H and O–H groups in total. The minimum atomic E-state index is -0.734. The lowest BCUT2D eigenvalue weighted by atomic mass is 9.92. The third kappa shape index (κ3) is 5.50. The van der Waals surface area contributed by atoms with Crippen molar-refractivity contribution in [2.75, 3.05) is 40.4 Å². The van der Waals surface area contributed by atoms with Gasteiger partial charge in [-0.2, -0.15) is 0 Å². The van der Waals surface area contributed by atoms with Gasteiger partial charge in [0, 0.05) is 66.6 Å². The molecule has 0 radical (unpaired) electrons. The molecule has 46 heavy (non-hydrogen) atoms. The van der Waals surface area contributed by atoms with Crippen LogP contribution in [0.5, 0.6) is 11.6 Å². The van der Waals surface area contributed by atoms with E-state index in [0.717, 1.165) is 46.4 Å². The van der Waals surface area contributed by atoms with E-state index < -0.39 is 5.97 Å². The highest BCUT2D eigenvalue weighted by molar-refractivity contribution is 6.39. The van der Waals surface area contributed by atoms with Crippen LogP contribution in [0.1, 0.15) is 29.3 Å². The topological polar surface area (TPSA) is 108 Å². The number of hydrogen-bond acceptors (Lipinski definition) is 8. The monoisotopic (exact) mass is 660 g/mol. The third-order valence-corrected chi connectivity index (χ3v) is 10.2. The Kier molecular flexibility index (Phi) is 8.37. The fourth-order valence-electron chi connectivity index (χ4n) is 6.90. The summed E-state index contributed by atoms with van der Waals surface area (Å²) in [5.74, 6) is 0.170. The van der Waals surface area contributed by atoms with Gasteiger partial charge in [0.25, 0.3) is 0 Å². The molecule has 9 nitrogen and oxygen atoms in total. The van der Waals surface area contributed by atoms with Crippen molar-refractivity contribution in [3.05, 3.63) is 81.6 Å². The Morgan fingerprint density at radius 1 is 0.957 bits per heavy atom. The highest BCUT2D eigenvalue weighted by Gasteiger charge is 2.41. The van der Waals surface area contributed by atoms with Crippen molar-refractivity contribution < 1.29 is 24.5 Å². The third-order valence-electron chi connectivity index (χ3n) is 9.36. The van der Waals surface area contributed by atoms with E-state index in [1.54, 1.807) is 20.4 Å². The molecule has 1 aromatic heterocycles. The molecule has 11 heteroatoms. The largest absolute Gasteiger partial charge is 0.496 e. The number of likely N-dealkylation sites (tertiary alicyclic amines) is 2. The van der Waals surface area contributed by atoms with E-state index in [2.05, 4.69) is 20.9 Å². The minimum Gasteiger partial charge on any atom is -0.496 e. The molecule has 3 heterocycles. The van der Waals surface area contributed by atoms with Crippen LogP contribution >= 0.6 is 23.2 Å². The number of carboxylic acid groups (broad SMARTS) is 1. The maximum atomic E-state index is 11.4. The van der Waals surface area contributed by atoms with Crippen LogP contribution in [0, 0.1) is 5.92 Å². The van der Waals surface area contributed by atoms with Crippen molar-refractivity contribution >= 4 is 29.2 Å². The summed E-state index contributed by atoms with van der Waals surface area (Å²) >= 11 is 14.2. The van der Waals surface area contributed by atoms with E-state index in [9.17, 15) is 15.0 Å². The first-order valence-corrected chi connectivity index (χ1v) is 16.1. The molecule has 3 aromatic carbocycles. The summed E-state index contributed by atoms with van der Waals surface area (Å²) in [4.78, 5) is 25.1. The number of hydrogen-bond donors (Lipinski definition) is 2. The van der Waals surface area contributed by atoms with Gasteiger partial charge < -0.3 is 19.7 Å². The van der Waals surface area contributed by atoms with Gasteiger partial charge in [-0.15, -0.1) is 0 Å². The zero-order valence-electron chi connectivity index (χ0n) is 25.5. The average molecular weight is 662 g/mol. The van der Waals surface area contributed by atoms with Gasteiger partial charge in [-0.3, -0.25) is 19.6 Å². The summed E-state index contributed by atoms with van der Waals surface area (Å²) in [5, 5.41) is 20.1. The summed E-state index contributed by atoms with van der Waals surface area (Å²) in [6, 6.07) is 16.0. The fourth-order valence-corrected chi connectivity index (χ4v) is 7.56. The predicted octanol–water partition coefficient (Wildman–Crippen LogP) is 5.98. The fraction of sp³-hybridized carbons (Fsp3) is 0.343. The first-order chi connectivity index (χ1) is 22.2. The van der Waals surface area contributed by atoms with Crippen molar-refractivity contribution in [2.45, 2.75) is 31.5 Å². The quantitative estimate of drug-likeness (QED) is 0.224. The SMILES string of the molecule is COc1cc(-c2cccc(-c3cccc(-c4cnc(CN5CC(O)C5)c(OC)n4)c3Cl)c2Cl)cc2c1[C@H](N1CC(C(=O)O)C1)CC2. The van der Waals surface area contributed by atoms with Crippen molar-refractivity contribution in [3.8, 4) is 45.1 Å². The Hall–Kier alpha value is -3.73. The van der Waals surface area contributed by atoms with Crippen molar-refractivity contribution in [1.82, 2.24) is 19.8 Å². The zero-order chi connectivity index (χ0) is 32.1. The lowest BCUT2D eigenvalue weighted by Gasteiger charge is -2.41. The van der Waals surface area contributed by atoms with Crippen LogP contribution in [-0.2, 0) is 17.8 Å². The number of rotatable bonds is 9. The molecular formula is C35H34Cl2N4O5. The van der Waals surface area contributed by atoms with Gasteiger partial charge in [-0.1, -0.05) is 65.7 Å². The van der Waals surface area contributed by atoms with Crippen LogP contribution in [0.2, 0.25) is 10.0 Å². The van der Waals surface area contributed by atoms with Gasteiger partial charge in [-0.05, 0) is 30.0 Å². The van der Waals surface area contributed by atoms with Crippen molar-refractivity contribution in [3.63, 3.8) is 0 Å². The number of methoxy groups -OCH3 is 2. The second kappa shape index (κ2) is 12.5. The lowest BCUT2D eigenvalue weighted by Crippen LogP contribution is -2.51. The van der Waals surface area contributed by atoms with Crippen molar-refractivity contribution in [2.24, 2.45) is 5.92 Å². The first kappa shape index (κ1) is 30.9. The number of aliphatic carboxylic acids is 1. The number of aromatic nitrogens is 2. The number of halogens is 2. The summed E-state index contributed by atoms with van der Waals surface area (Å²) < 4.78 is 11.5. The minimum absolute atomic E-state index is 0.150. The lowest BCUT2D eigenvalue weighted by molar-refractivity contribution is -0.148. The van der Waals surface area contributed by atoms with Gasteiger partial charge in [0.2, 0.25) is 5.88 Å². The van der Waals surface area contributed by atoms with Gasteiger partial charge in [0.15, 0.2) is 0 Å². The Morgan fingerprint density at radius 2 is 1.63 bits per heavy atom. The molecule has 3 aliphatic rings. The number of β-amino-alcohol motifs (C(OH)–C–C–N with tert-alkyl or cyclic N) is 1. The highest BCUT2D eigenvalue weighted by atomic mass is 35.5. The molecule has 2 fully saturated rings. The van der Waals surface area contributed by atoms with Crippen molar-refractivity contribution in [1.29, 1.82) is 0 Å². The van der Waals surface area contributed by atoms with E-state index >= 15 is 0 Å². The summed E-state index contributed by atoms with van der Waals surface area (Å²) in [6.07, 6.45) is 3.21. The Bertz CT molecular complexity index is 1820. The Labute approximate surface area is 277 Å². The van der Waals surface area contributed by atoms with Gasteiger partial charge in [0.05, 0.1) is 48.2 Å².